The summed E-state index contributed by atoms with van der Waals surface area (Å²) in [6, 6.07) is 9.37. The summed E-state index contributed by atoms with van der Waals surface area (Å²) in [7, 11) is 0. The summed E-state index contributed by atoms with van der Waals surface area (Å²) in [5, 5.41) is 3.59. The van der Waals surface area contributed by atoms with E-state index < -0.39 is 11.9 Å². The summed E-state index contributed by atoms with van der Waals surface area (Å²) in [6.45, 7) is 0. The number of hydrogen-bond acceptors (Lipinski definition) is 3. The first-order valence-corrected chi connectivity index (χ1v) is 5.97. The quantitative estimate of drug-likeness (QED) is 0.681. The number of nitrogens with zero attached hydrogens (tertiary/aromatic N) is 3. The first-order chi connectivity index (χ1) is 10.0. The fourth-order valence-electron chi connectivity index (χ4n) is 2.02. The van der Waals surface area contributed by atoms with Gasteiger partial charge in [0.1, 0.15) is 0 Å². The van der Waals surface area contributed by atoms with Gasteiger partial charge in [0, 0.05) is 5.56 Å². The van der Waals surface area contributed by atoms with Gasteiger partial charge in [0.25, 0.3) is 0 Å². The number of aldehydes is 1. The molecule has 21 heavy (non-hydrogen) atoms. The average Bonchev–Trinajstić information content (AvgIpc) is 2.89. The van der Waals surface area contributed by atoms with E-state index in [4.69, 9.17) is 0 Å². The van der Waals surface area contributed by atoms with Gasteiger partial charge in [-0.25, -0.2) is 9.50 Å². The van der Waals surface area contributed by atoms with Gasteiger partial charge in [-0.05, 0) is 6.07 Å². The highest BCUT2D eigenvalue weighted by atomic mass is 19.4. The Balaban J connectivity index is 2.35. The fraction of sp³-hybridized carbons (Fsp3) is 0.0714. The molecule has 7 heteroatoms. The highest BCUT2D eigenvalue weighted by Crippen LogP contribution is 2.32. The van der Waals surface area contributed by atoms with E-state index in [2.05, 4.69) is 10.1 Å². The van der Waals surface area contributed by atoms with Crippen molar-refractivity contribution in [1.82, 2.24) is 14.6 Å². The Labute approximate surface area is 116 Å². The van der Waals surface area contributed by atoms with E-state index in [0.29, 0.717) is 16.4 Å². The molecule has 0 aliphatic rings. The van der Waals surface area contributed by atoms with Gasteiger partial charge < -0.3 is 0 Å². The fourth-order valence-corrected chi connectivity index (χ4v) is 2.02. The van der Waals surface area contributed by atoms with Crippen molar-refractivity contribution < 1.29 is 18.0 Å². The molecule has 2 heterocycles. The van der Waals surface area contributed by atoms with E-state index >= 15 is 0 Å². The molecule has 0 N–H and O–H groups in total. The molecule has 4 nitrogen and oxygen atoms in total. The van der Waals surface area contributed by atoms with Gasteiger partial charge >= 0.3 is 6.18 Å². The number of benzene rings is 1. The minimum atomic E-state index is -4.60. The van der Waals surface area contributed by atoms with Crippen molar-refractivity contribution in [3.8, 4) is 11.3 Å². The number of alkyl halides is 3. The molecule has 0 saturated heterocycles. The van der Waals surface area contributed by atoms with Crippen LogP contribution in [0.15, 0.2) is 42.6 Å². The zero-order valence-corrected chi connectivity index (χ0v) is 10.5. The van der Waals surface area contributed by atoms with Crippen LogP contribution in [0.2, 0.25) is 0 Å². The van der Waals surface area contributed by atoms with E-state index in [9.17, 15) is 18.0 Å². The number of fused-ring (bicyclic) bond motifs is 1. The Morgan fingerprint density at radius 2 is 1.86 bits per heavy atom. The van der Waals surface area contributed by atoms with E-state index in [-0.39, 0.29) is 16.9 Å². The molecule has 3 aromatic rings. The van der Waals surface area contributed by atoms with Gasteiger partial charge in [-0.15, -0.1) is 0 Å². The van der Waals surface area contributed by atoms with Crippen molar-refractivity contribution in [3.05, 3.63) is 53.9 Å². The van der Waals surface area contributed by atoms with Gasteiger partial charge in [0.15, 0.2) is 17.6 Å². The average molecular weight is 291 g/mol. The maximum Gasteiger partial charge on any atom is 0.433 e. The summed E-state index contributed by atoms with van der Waals surface area (Å²) in [6.07, 6.45) is -3.10. The van der Waals surface area contributed by atoms with Crippen LogP contribution in [0.4, 0.5) is 13.2 Å². The monoisotopic (exact) mass is 291 g/mol. The van der Waals surface area contributed by atoms with E-state index in [1.54, 1.807) is 30.3 Å². The second-order valence-corrected chi connectivity index (χ2v) is 4.34. The lowest BCUT2D eigenvalue weighted by Gasteiger charge is -2.11. The van der Waals surface area contributed by atoms with Gasteiger partial charge in [0.05, 0.1) is 17.5 Å². The lowest BCUT2D eigenvalue weighted by molar-refractivity contribution is -0.142. The summed E-state index contributed by atoms with van der Waals surface area (Å²) >= 11 is 0. The Hall–Kier alpha value is -2.70. The molecule has 0 saturated carbocycles. The third-order valence-corrected chi connectivity index (χ3v) is 2.99. The van der Waals surface area contributed by atoms with Gasteiger partial charge in [-0.1, -0.05) is 30.3 Å². The van der Waals surface area contributed by atoms with E-state index in [1.807, 2.05) is 0 Å². The number of halogens is 3. The number of carbonyl (C=O) groups is 1. The molecule has 0 bridgehead atoms. The predicted molar refractivity (Wildman–Crippen MR) is 68.8 cm³/mol. The van der Waals surface area contributed by atoms with Crippen LogP contribution in [-0.4, -0.2) is 20.9 Å². The topological polar surface area (TPSA) is 47.3 Å². The third-order valence-electron chi connectivity index (χ3n) is 2.99. The minimum Gasteiger partial charge on any atom is -0.298 e. The lowest BCUT2D eigenvalue weighted by atomic mass is 10.1. The van der Waals surface area contributed by atoms with Crippen LogP contribution < -0.4 is 0 Å². The normalized spacial score (nSPS) is 11.8. The Kier molecular flexibility index (Phi) is 2.97. The van der Waals surface area contributed by atoms with Crippen LogP contribution in [0.25, 0.3) is 16.9 Å². The highest BCUT2D eigenvalue weighted by Gasteiger charge is 2.35. The van der Waals surface area contributed by atoms with Crippen molar-refractivity contribution in [2.45, 2.75) is 6.18 Å². The van der Waals surface area contributed by atoms with Crippen molar-refractivity contribution in [3.63, 3.8) is 0 Å². The number of aromatic nitrogens is 3. The predicted octanol–water partition coefficient (Wildman–Crippen LogP) is 3.23. The molecule has 0 radical (unpaired) electrons. The molecule has 0 unspecified atom stereocenters. The Morgan fingerprint density at radius 1 is 1.14 bits per heavy atom. The molecular formula is C14H8F3N3O. The molecule has 1 aromatic carbocycles. The van der Waals surface area contributed by atoms with Crippen molar-refractivity contribution in [2.24, 2.45) is 0 Å². The maximum atomic E-state index is 13.1. The van der Waals surface area contributed by atoms with Crippen molar-refractivity contribution in [1.29, 1.82) is 0 Å². The molecule has 2 aromatic heterocycles. The standard InChI is InChI=1S/C14H8F3N3O/c15-14(16,17)12-6-11(9-4-2-1-3-5-9)19-13-10(8-21)7-18-20(12)13/h1-8H. The van der Waals surface area contributed by atoms with Crippen LogP contribution in [-0.2, 0) is 6.18 Å². The van der Waals surface area contributed by atoms with Crippen molar-refractivity contribution >= 4 is 11.9 Å². The lowest BCUT2D eigenvalue weighted by Crippen LogP contribution is -2.13. The molecule has 106 valence electrons. The second-order valence-electron chi connectivity index (χ2n) is 4.34. The highest BCUT2D eigenvalue weighted by molar-refractivity contribution is 5.84. The first-order valence-electron chi connectivity index (χ1n) is 5.97. The number of carbonyl (C=O) groups excluding carboxylic acids is 1. The van der Waals surface area contributed by atoms with E-state index in [1.165, 1.54) is 0 Å². The molecule has 0 fully saturated rings. The molecule has 0 amide bonds. The molecule has 3 rings (SSSR count). The van der Waals surface area contributed by atoms with Crippen molar-refractivity contribution in [2.75, 3.05) is 0 Å². The smallest absolute Gasteiger partial charge is 0.298 e. The zero-order valence-electron chi connectivity index (χ0n) is 10.5. The van der Waals surface area contributed by atoms with Gasteiger partial charge in [-0.2, -0.15) is 18.3 Å². The second kappa shape index (κ2) is 4.69. The van der Waals surface area contributed by atoms with Gasteiger partial charge in [-0.3, -0.25) is 4.79 Å². The Bertz CT molecular complexity index is 809. The van der Waals surface area contributed by atoms with Crippen LogP contribution >= 0.6 is 0 Å². The van der Waals surface area contributed by atoms with Crippen LogP contribution in [0, 0.1) is 0 Å². The summed E-state index contributed by atoms with van der Waals surface area (Å²) in [5.74, 6) is 0. The summed E-state index contributed by atoms with van der Waals surface area (Å²) in [4.78, 5) is 15.0. The van der Waals surface area contributed by atoms with E-state index in [0.717, 1.165) is 12.3 Å². The number of hydrogen-bond donors (Lipinski definition) is 0. The summed E-state index contributed by atoms with van der Waals surface area (Å²) in [5.41, 5.74) is -0.404. The molecule has 0 atom stereocenters. The zero-order chi connectivity index (χ0) is 15.0. The Morgan fingerprint density at radius 3 is 2.48 bits per heavy atom. The number of rotatable bonds is 2. The van der Waals surface area contributed by atoms with Crippen LogP contribution in [0.1, 0.15) is 16.1 Å². The minimum absolute atomic E-state index is 0.0123. The van der Waals surface area contributed by atoms with Crippen LogP contribution in [0.5, 0.6) is 0 Å². The molecule has 0 aliphatic heterocycles. The molecule has 0 spiro atoms. The maximum absolute atomic E-state index is 13.1. The largest absolute Gasteiger partial charge is 0.433 e. The third kappa shape index (κ3) is 2.26. The molecular weight excluding hydrogens is 283 g/mol. The van der Waals surface area contributed by atoms with Gasteiger partial charge in [0.2, 0.25) is 0 Å². The van der Waals surface area contributed by atoms with Crippen LogP contribution in [0.3, 0.4) is 0 Å². The molecule has 0 aliphatic carbocycles. The first kappa shape index (κ1) is 13.3. The SMILES string of the molecule is O=Cc1cnn2c(C(F)(F)F)cc(-c3ccccc3)nc12. The summed E-state index contributed by atoms with van der Waals surface area (Å²) < 4.78 is 40.1.